The average Bonchev–Trinajstić information content (AvgIpc) is 3.36. The second-order valence-corrected chi connectivity index (χ2v) is 10.1. The number of aromatic nitrogens is 1. The van der Waals surface area contributed by atoms with Gasteiger partial charge in [-0.2, -0.15) is 4.98 Å². The van der Waals surface area contributed by atoms with E-state index in [1.807, 2.05) is 29.2 Å². The lowest BCUT2D eigenvalue weighted by Gasteiger charge is -2.36. The van der Waals surface area contributed by atoms with E-state index in [9.17, 15) is 17.2 Å². The molecule has 0 aliphatic carbocycles. The zero-order valence-electron chi connectivity index (χ0n) is 19.4. The highest BCUT2D eigenvalue weighted by Crippen LogP contribution is 2.35. The Morgan fingerprint density at radius 3 is 1.94 bits per heavy atom. The Morgan fingerprint density at radius 1 is 0.806 bits per heavy atom. The van der Waals surface area contributed by atoms with E-state index in [0.29, 0.717) is 31.7 Å². The SMILES string of the molecule is COc1ccc(N2CCN(c3oc(-c4ccc(F)cc4)nc3S(=O)(=O)c3ccc(F)cc3)CC2)cc1. The van der Waals surface area contributed by atoms with Crippen LogP contribution in [0.1, 0.15) is 0 Å². The van der Waals surface area contributed by atoms with Gasteiger partial charge in [0.05, 0.1) is 12.0 Å². The van der Waals surface area contributed by atoms with Gasteiger partial charge < -0.3 is 19.0 Å². The van der Waals surface area contributed by atoms with Crippen molar-refractivity contribution < 1.29 is 26.4 Å². The summed E-state index contributed by atoms with van der Waals surface area (Å²) in [6.07, 6.45) is 0. The van der Waals surface area contributed by atoms with Gasteiger partial charge in [0.2, 0.25) is 26.6 Å². The summed E-state index contributed by atoms with van der Waals surface area (Å²) in [5.41, 5.74) is 1.47. The van der Waals surface area contributed by atoms with Crippen LogP contribution >= 0.6 is 0 Å². The zero-order chi connectivity index (χ0) is 25.3. The van der Waals surface area contributed by atoms with Crippen LogP contribution in [0.5, 0.6) is 5.75 Å². The molecule has 5 rings (SSSR count). The summed E-state index contributed by atoms with van der Waals surface area (Å²) in [4.78, 5) is 8.23. The third-order valence-corrected chi connectivity index (χ3v) is 7.72. The Morgan fingerprint density at radius 2 is 1.36 bits per heavy atom. The second kappa shape index (κ2) is 9.62. The zero-order valence-corrected chi connectivity index (χ0v) is 20.2. The minimum atomic E-state index is -4.12. The number of methoxy groups -OCH3 is 1. The fourth-order valence-electron chi connectivity index (χ4n) is 4.08. The van der Waals surface area contributed by atoms with Crippen molar-refractivity contribution in [3.8, 4) is 17.2 Å². The summed E-state index contributed by atoms with van der Waals surface area (Å²) >= 11 is 0. The third kappa shape index (κ3) is 4.64. The molecule has 0 spiro atoms. The van der Waals surface area contributed by atoms with Crippen molar-refractivity contribution in [2.24, 2.45) is 0 Å². The molecule has 0 atom stereocenters. The molecule has 36 heavy (non-hydrogen) atoms. The smallest absolute Gasteiger partial charge is 0.236 e. The van der Waals surface area contributed by atoms with Gasteiger partial charge in [0.1, 0.15) is 17.4 Å². The number of ether oxygens (including phenoxy) is 1. The highest BCUT2D eigenvalue weighted by molar-refractivity contribution is 7.91. The van der Waals surface area contributed by atoms with Crippen LogP contribution in [0.25, 0.3) is 11.5 Å². The number of benzene rings is 3. The number of oxazole rings is 1. The van der Waals surface area contributed by atoms with E-state index < -0.39 is 21.5 Å². The lowest BCUT2D eigenvalue weighted by molar-refractivity contribution is 0.415. The summed E-state index contributed by atoms with van der Waals surface area (Å²) in [5.74, 6) is -0.0466. The predicted molar refractivity (Wildman–Crippen MR) is 131 cm³/mol. The third-order valence-electron chi connectivity index (χ3n) is 6.05. The van der Waals surface area contributed by atoms with Gasteiger partial charge in [-0.15, -0.1) is 0 Å². The Labute approximate surface area is 207 Å². The minimum Gasteiger partial charge on any atom is -0.497 e. The fourth-order valence-corrected chi connectivity index (χ4v) is 5.40. The molecule has 0 unspecified atom stereocenters. The van der Waals surface area contributed by atoms with Gasteiger partial charge in [-0.3, -0.25) is 0 Å². The molecule has 0 radical (unpaired) electrons. The number of hydrogen-bond donors (Lipinski definition) is 0. The van der Waals surface area contributed by atoms with Gasteiger partial charge in [0, 0.05) is 37.4 Å². The van der Waals surface area contributed by atoms with Gasteiger partial charge in [0.15, 0.2) is 0 Å². The molecule has 0 saturated carbocycles. The van der Waals surface area contributed by atoms with Crippen molar-refractivity contribution >= 4 is 21.4 Å². The number of hydrogen-bond acceptors (Lipinski definition) is 7. The summed E-state index contributed by atoms with van der Waals surface area (Å²) in [7, 11) is -2.51. The number of rotatable bonds is 6. The van der Waals surface area contributed by atoms with Gasteiger partial charge in [-0.25, -0.2) is 17.2 Å². The van der Waals surface area contributed by atoms with Crippen LogP contribution in [0.15, 0.2) is 87.1 Å². The van der Waals surface area contributed by atoms with Crippen molar-refractivity contribution in [3.63, 3.8) is 0 Å². The molecule has 1 saturated heterocycles. The Bertz CT molecular complexity index is 1450. The first kappa shape index (κ1) is 23.8. The van der Waals surface area contributed by atoms with Crippen LogP contribution in [0.4, 0.5) is 20.4 Å². The Hall–Kier alpha value is -3.92. The lowest BCUT2D eigenvalue weighted by atomic mass is 10.2. The lowest BCUT2D eigenvalue weighted by Crippen LogP contribution is -2.46. The van der Waals surface area contributed by atoms with Crippen molar-refractivity contribution in [2.75, 3.05) is 43.1 Å². The van der Waals surface area contributed by atoms with Crippen LogP contribution in [0, 0.1) is 11.6 Å². The minimum absolute atomic E-state index is 0.0586. The molecule has 7 nitrogen and oxygen atoms in total. The van der Waals surface area contributed by atoms with Crippen LogP contribution in [-0.2, 0) is 9.84 Å². The van der Waals surface area contributed by atoms with Gasteiger partial charge in [0.25, 0.3) is 0 Å². The predicted octanol–water partition coefficient (Wildman–Crippen LogP) is 4.79. The van der Waals surface area contributed by atoms with Crippen molar-refractivity contribution in [3.05, 3.63) is 84.4 Å². The van der Waals surface area contributed by atoms with Crippen LogP contribution in [0.2, 0.25) is 0 Å². The first-order chi connectivity index (χ1) is 17.3. The standard InChI is InChI=1S/C26H23F2N3O4S/c1-34-22-10-8-21(9-11-22)30-14-16-31(17-15-30)26-25(36(32,33)23-12-6-20(28)7-13-23)29-24(35-26)18-2-4-19(27)5-3-18/h2-13H,14-17H2,1H3. The van der Waals surface area contributed by atoms with E-state index in [1.54, 1.807) is 7.11 Å². The molecule has 1 aliphatic heterocycles. The summed E-state index contributed by atoms with van der Waals surface area (Å²) < 4.78 is 65.1. The number of piperazine rings is 1. The first-order valence-corrected chi connectivity index (χ1v) is 12.7. The van der Waals surface area contributed by atoms with Gasteiger partial charge in [-0.05, 0) is 72.8 Å². The topological polar surface area (TPSA) is 75.9 Å². The molecule has 186 valence electrons. The molecular formula is C26H23F2N3O4S. The van der Waals surface area contributed by atoms with Gasteiger partial charge in [-0.1, -0.05) is 0 Å². The molecule has 10 heteroatoms. The van der Waals surface area contributed by atoms with E-state index in [0.717, 1.165) is 23.6 Å². The normalized spacial score (nSPS) is 14.2. The quantitative estimate of drug-likeness (QED) is 0.345. The van der Waals surface area contributed by atoms with Crippen LogP contribution in [-0.4, -0.2) is 46.7 Å². The summed E-state index contributed by atoms with van der Waals surface area (Å²) in [6, 6.07) is 17.7. The maximum absolute atomic E-state index is 13.5. The first-order valence-electron chi connectivity index (χ1n) is 11.3. The monoisotopic (exact) mass is 511 g/mol. The van der Waals surface area contributed by atoms with E-state index in [1.165, 1.54) is 36.4 Å². The van der Waals surface area contributed by atoms with E-state index in [4.69, 9.17) is 9.15 Å². The molecule has 1 aliphatic rings. The largest absolute Gasteiger partial charge is 0.497 e. The highest BCUT2D eigenvalue weighted by Gasteiger charge is 2.33. The van der Waals surface area contributed by atoms with Gasteiger partial charge >= 0.3 is 0 Å². The molecule has 1 fully saturated rings. The molecular weight excluding hydrogens is 488 g/mol. The molecule has 1 aromatic heterocycles. The number of anilines is 2. The fraction of sp³-hybridized carbons (Fsp3) is 0.192. The highest BCUT2D eigenvalue weighted by atomic mass is 32.2. The summed E-state index contributed by atoms with van der Waals surface area (Å²) in [6.45, 7) is 2.20. The number of sulfone groups is 1. The maximum Gasteiger partial charge on any atom is 0.236 e. The number of nitrogens with zero attached hydrogens (tertiary/aromatic N) is 3. The molecule has 4 aromatic rings. The van der Waals surface area contributed by atoms with Crippen LogP contribution in [0.3, 0.4) is 0 Å². The van der Waals surface area contributed by atoms with E-state index >= 15 is 0 Å². The Kier molecular flexibility index (Phi) is 6.36. The second-order valence-electron chi connectivity index (χ2n) is 8.27. The van der Waals surface area contributed by atoms with Crippen molar-refractivity contribution in [1.82, 2.24) is 4.98 Å². The summed E-state index contributed by atoms with van der Waals surface area (Å²) in [5, 5.41) is -0.258. The molecule has 0 amide bonds. The number of halogens is 2. The van der Waals surface area contributed by atoms with E-state index in [2.05, 4.69) is 9.88 Å². The molecule has 2 heterocycles. The van der Waals surface area contributed by atoms with Crippen molar-refractivity contribution in [1.29, 1.82) is 0 Å². The maximum atomic E-state index is 13.5. The molecule has 0 bridgehead atoms. The Balaban J connectivity index is 1.48. The van der Waals surface area contributed by atoms with E-state index in [-0.39, 0.29) is 21.7 Å². The molecule has 3 aromatic carbocycles. The molecule has 0 N–H and O–H groups in total. The average molecular weight is 512 g/mol. The van der Waals surface area contributed by atoms with Crippen LogP contribution < -0.4 is 14.5 Å². The van der Waals surface area contributed by atoms with Crippen molar-refractivity contribution in [2.45, 2.75) is 9.92 Å².